The minimum absolute atomic E-state index is 0.0247. The molecule has 1 atom stereocenters. The van der Waals surface area contributed by atoms with Gasteiger partial charge in [0.25, 0.3) is 0 Å². The maximum atomic E-state index is 12.3. The van der Waals surface area contributed by atoms with Gasteiger partial charge in [0, 0.05) is 11.2 Å². The van der Waals surface area contributed by atoms with Gasteiger partial charge in [-0.2, -0.15) is 0 Å². The van der Waals surface area contributed by atoms with Crippen LogP contribution in [0.5, 0.6) is 0 Å². The molecule has 2 aromatic heterocycles. The third-order valence-electron chi connectivity index (χ3n) is 3.17. The third-order valence-corrected chi connectivity index (χ3v) is 3.40. The van der Waals surface area contributed by atoms with Crippen LogP contribution >= 0.6 is 11.6 Å². The first-order valence-corrected chi connectivity index (χ1v) is 7.27. The standard InChI is InChI=1S/C15H13ClN6O/c16-12-5-3-4-11(8-12)15(13-6-1-2-7-17-13)19-14(23)9-22-10-18-20-21-22/h1-8,10,15H,9H2,(H,19,23). The second-order valence-electron chi connectivity index (χ2n) is 4.82. The number of hydrogen-bond acceptors (Lipinski definition) is 5. The number of benzene rings is 1. The smallest absolute Gasteiger partial charge is 0.242 e. The maximum absolute atomic E-state index is 12.3. The zero-order valence-electron chi connectivity index (χ0n) is 12.0. The fourth-order valence-electron chi connectivity index (χ4n) is 2.17. The summed E-state index contributed by atoms with van der Waals surface area (Å²) < 4.78 is 1.35. The molecule has 0 aliphatic rings. The van der Waals surface area contributed by atoms with Gasteiger partial charge < -0.3 is 5.32 Å². The number of amides is 1. The first kappa shape index (κ1) is 15.1. The Morgan fingerprint density at radius 2 is 2.17 bits per heavy atom. The number of nitrogens with one attached hydrogen (secondary N) is 1. The van der Waals surface area contributed by atoms with Gasteiger partial charge in [-0.1, -0.05) is 29.8 Å². The van der Waals surface area contributed by atoms with Gasteiger partial charge in [-0.3, -0.25) is 9.78 Å². The Bertz CT molecular complexity index is 778. The number of pyridine rings is 1. The number of tetrazole rings is 1. The number of nitrogens with zero attached hydrogens (tertiary/aromatic N) is 5. The van der Waals surface area contributed by atoms with Gasteiger partial charge in [0.15, 0.2) is 0 Å². The SMILES string of the molecule is O=C(Cn1cnnn1)NC(c1cccc(Cl)c1)c1ccccn1. The molecule has 1 aromatic carbocycles. The van der Waals surface area contributed by atoms with E-state index in [-0.39, 0.29) is 12.5 Å². The Hall–Kier alpha value is -2.80. The van der Waals surface area contributed by atoms with Crippen molar-refractivity contribution in [3.8, 4) is 0 Å². The summed E-state index contributed by atoms with van der Waals surface area (Å²) in [5, 5.41) is 14.2. The number of halogens is 1. The topological polar surface area (TPSA) is 85.6 Å². The molecule has 0 bridgehead atoms. The molecule has 0 fully saturated rings. The number of rotatable bonds is 5. The highest BCUT2D eigenvalue weighted by molar-refractivity contribution is 6.30. The Labute approximate surface area is 137 Å². The molecule has 1 amide bonds. The van der Waals surface area contributed by atoms with Crippen molar-refractivity contribution in [2.75, 3.05) is 0 Å². The van der Waals surface area contributed by atoms with Crippen LogP contribution in [0.3, 0.4) is 0 Å². The van der Waals surface area contributed by atoms with Crippen molar-refractivity contribution in [3.63, 3.8) is 0 Å². The summed E-state index contributed by atoms with van der Waals surface area (Å²) in [6.07, 6.45) is 3.06. The molecule has 7 nitrogen and oxygen atoms in total. The van der Waals surface area contributed by atoms with E-state index < -0.39 is 6.04 Å². The molecule has 0 spiro atoms. The van der Waals surface area contributed by atoms with E-state index in [1.807, 2.05) is 30.3 Å². The Morgan fingerprint density at radius 1 is 1.26 bits per heavy atom. The van der Waals surface area contributed by atoms with Gasteiger partial charge in [-0.05, 0) is 40.3 Å². The van der Waals surface area contributed by atoms with Crippen molar-refractivity contribution in [1.82, 2.24) is 30.5 Å². The van der Waals surface area contributed by atoms with Crippen molar-refractivity contribution >= 4 is 17.5 Å². The molecule has 0 saturated carbocycles. The van der Waals surface area contributed by atoms with Crippen LogP contribution in [0.4, 0.5) is 0 Å². The lowest BCUT2D eigenvalue weighted by Gasteiger charge is -2.19. The molecule has 8 heteroatoms. The maximum Gasteiger partial charge on any atom is 0.242 e. The molecule has 116 valence electrons. The van der Waals surface area contributed by atoms with Crippen LogP contribution in [0.15, 0.2) is 55.0 Å². The van der Waals surface area contributed by atoms with E-state index in [4.69, 9.17) is 11.6 Å². The average molecular weight is 329 g/mol. The summed E-state index contributed by atoms with van der Waals surface area (Å²) in [7, 11) is 0. The number of aromatic nitrogens is 5. The first-order chi connectivity index (χ1) is 11.2. The molecule has 0 aliphatic carbocycles. The van der Waals surface area contributed by atoms with Gasteiger partial charge in [0.2, 0.25) is 5.91 Å². The zero-order valence-corrected chi connectivity index (χ0v) is 12.8. The van der Waals surface area contributed by atoms with Crippen LogP contribution in [-0.2, 0) is 11.3 Å². The summed E-state index contributed by atoms with van der Waals surface area (Å²) >= 11 is 6.06. The van der Waals surface area contributed by atoms with E-state index in [1.165, 1.54) is 11.0 Å². The lowest BCUT2D eigenvalue weighted by Crippen LogP contribution is -2.32. The van der Waals surface area contributed by atoms with Gasteiger partial charge in [0.05, 0.1) is 11.7 Å². The average Bonchev–Trinajstić information content (AvgIpc) is 3.06. The summed E-state index contributed by atoms with van der Waals surface area (Å²) in [5.41, 5.74) is 1.57. The van der Waals surface area contributed by atoms with Crippen LogP contribution in [0.1, 0.15) is 17.3 Å². The third kappa shape index (κ3) is 3.89. The summed E-state index contributed by atoms with van der Waals surface area (Å²) in [6, 6.07) is 12.4. The van der Waals surface area contributed by atoms with Crippen molar-refractivity contribution in [1.29, 1.82) is 0 Å². The molecule has 0 radical (unpaired) electrons. The summed E-state index contributed by atoms with van der Waals surface area (Å²) in [6.45, 7) is 0.0247. The lowest BCUT2D eigenvalue weighted by molar-refractivity contribution is -0.122. The largest absolute Gasteiger partial charge is 0.342 e. The molecule has 1 N–H and O–H groups in total. The van der Waals surface area contributed by atoms with Crippen LogP contribution in [0.2, 0.25) is 5.02 Å². The van der Waals surface area contributed by atoms with E-state index >= 15 is 0 Å². The van der Waals surface area contributed by atoms with Crippen molar-refractivity contribution < 1.29 is 4.79 Å². The van der Waals surface area contributed by atoms with Gasteiger partial charge in [-0.15, -0.1) is 5.10 Å². The quantitative estimate of drug-likeness (QED) is 0.769. The molecule has 23 heavy (non-hydrogen) atoms. The lowest BCUT2D eigenvalue weighted by atomic mass is 10.0. The first-order valence-electron chi connectivity index (χ1n) is 6.89. The fraction of sp³-hybridized carbons (Fsp3) is 0.133. The highest BCUT2D eigenvalue weighted by Gasteiger charge is 2.18. The van der Waals surface area contributed by atoms with Crippen LogP contribution in [0.25, 0.3) is 0 Å². The Morgan fingerprint density at radius 3 is 2.87 bits per heavy atom. The van der Waals surface area contributed by atoms with E-state index in [2.05, 4.69) is 25.8 Å². The number of hydrogen-bond donors (Lipinski definition) is 1. The van der Waals surface area contributed by atoms with Gasteiger partial charge in [-0.25, -0.2) is 4.68 Å². The second kappa shape index (κ2) is 6.97. The normalized spacial score (nSPS) is 11.9. The van der Waals surface area contributed by atoms with E-state index in [1.54, 1.807) is 18.3 Å². The van der Waals surface area contributed by atoms with Crippen molar-refractivity contribution in [3.05, 3.63) is 71.3 Å². The summed E-state index contributed by atoms with van der Waals surface area (Å²) in [4.78, 5) is 16.6. The number of carbonyl (C=O) groups is 1. The van der Waals surface area contributed by atoms with Crippen LogP contribution in [0, 0.1) is 0 Å². The van der Waals surface area contributed by atoms with E-state index in [9.17, 15) is 4.79 Å². The molecule has 0 saturated heterocycles. The molecular weight excluding hydrogens is 316 g/mol. The monoisotopic (exact) mass is 328 g/mol. The predicted molar refractivity (Wildman–Crippen MR) is 83.5 cm³/mol. The zero-order chi connectivity index (χ0) is 16.1. The fourth-order valence-corrected chi connectivity index (χ4v) is 2.37. The Kier molecular flexibility index (Phi) is 4.58. The molecule has 3 rings (SSSR count). The minimum Gasteiger partial charge on any atom is -0.342 e. The van der Waals surface area contributed by atoms with Gasteiger partial charge >= 0.3 is 0 Å². The van der Waals surface area contributed by atoms with E-state index in [0.29, 0.717) is 5.02 Å². The number of carbonyl (C=O) groups excluding carboxylic acids is 1. The highest BCUT2D eigenvalue weighted by atomic mass is 35.5. The summed E-state index contributed by atoms with van der Waals surface area (Å²) in [5.74, 6) is -0.229. The predicted octanol–water partition coefficient (Wildman–Crippen LogP) is 1.63. The molecule has 3 aromatic rings. The van der Waals surface area contributed by atoms with E-state index in [0.717, 1.165) is 11.3 Å². The van der Waals surface area contributed by atoms with Crippen LogP contribution < -0.4 is 5.32 Å². The van der Waals surface area contributed by atoms with Crippen LogP contribution in [-0.4, -0.2) is 31.1 Å². The molecule has 0 aliphatic heterocycles. The molecular formula is C15H13ClN6O. The van der Waals surface area contributed by atoms with Crippen molar-refractivity contribution in [2.45, 2.75) is 12.6 Å². The molecule has 1 unspecified atom stereocenters. The van der Waals surface area contributed by atoms with Crippen molar-refractivity contribution in [2.24, 2.45) is 0 Å². The minimum atomic E-state index is -0.404. The second-order valence-corrected chi connectivity index (χ2v) is 5.25. The molecule has 2 heterocycles. The van der Waals surface area contributed by atoms with Gasteiger partial charge in [0.1, 0.15) is 12.9 Å². The Balaban J connectivity index is 1.85. The highest BCUT2D eigenvalue weighted by Crippen LogP contribution is 2.23.